The Bertz CT molecular complexity index is 655. The summed E-state index contributed by atoms with van der Waals surface area (Å²) >= 11 is 0. The van der Waals surface area contributed by atoms with Crippen LogP contribution in [0.5, 0.6) is 0 Å². The molecule has 12 nitrogen and oxygen atoms in total. The van der Waals surface area contributed by atoms with Crippen molar-refractivity contribution < 1.29 is 49.4 Å². The molecule has 9 N–H and O–H groups in total. The quantitative estimate of drug-likeness (QED) is 0.0812. The van der Waals surface area contributed by atoms with E-state index in [0.29, 0.717) is 0 Å². The number of carbonyl (C=O) groups is 3. The Hall–Kier alpha value is -0.970. The number of ether oxygens (including phenoxy) is 2. The van der Waals surface area contributed by atoms with Crippen molar-refractivity contribution in [2.75, 3.05) is 18.1 Å². The molecule has 0 radical (unpaired) electrons. The number of aliphatic hydroxyl groups is 4. The predicted molar refractivity (Wildman–Crippen MR) is 116 cm³/mol. The molecule has 5 unspecified atom stereocenters. The summed E-state index contributed by atoms with van der Waals surface area (Å²) in [5.41, 5.74) is 11.1. The second kappa shape index (κ2) is 13.1. The van der Waals surface area contributed by atoms with Gasteiger partial charge in [0.15, 0.2) is 5.78 Å². The van der Waals surface area contributed by atoms with Crippen molar-refractivity contribution in [1.82, 2.24) is 0 Å². The Labute approximate surface area is 193 Å². The number of hydrogen-bond donors (Lipinski definition) is 7. The van der Waals surface area contributed by atoms with Gasteiger partial charge in [-0.3, -0.25) is 14.4 Å². The van der Waals surface area contributed by atoms with Crippen molar-refractivity contribution in [3.8, 4) is 0 Å². The summed E-state index contributed by atoms with van der Waals surface area (Å²) in [6, 6.07) is -2.06. The van der Waals surface area contributed by atoms with Gasteiger partial charge in [0.2, 0.25) is 5.79 Å². The van der Waals surface area contributed by atoms with Crippen LogP contribution < -0.4 is 11.5 Å². The van der Waals surface area contributed by atoms with Gasteiger partial charge in [0.25, 0.3) is 0 Å². The number of carboxylic acid groups (broad SMARTS) is 1. The first-order chi connectivity index (χ1) is 14.8. The molecule has 1 heterocycles. The molecule has 8 atom stereocenters. The second-order valence-corrected chi connectivity index (χ2v) is 10.3. The van der Waals surface area contributed by atoms with Crippen LogP contribution in [0.1, 0.15) is 26.7 Å². The topological polar surface area (TPSA) is 223 Å². The number of carbonyl (C=O) groups excluding carboxylic acids is 2. The molecule has 0 aromatic carbocycles. The Morgan fingerprint density at radius 3 is 2.25 bits per heavy atom. The lowest BCUT2D eigenvalue weighted by molar-refractivity contribution is -0.285. The maximum absolute atomic E-state index is 12.0. The number of Topliss-reactive ketones (excluding diaryl/α,β-unsaturated/α-hetero) is 1. The number of esters is 1. The molecule has 0 aromatic rings. The lowest BCUT2D eigenvalue weighted by Crippen LogP contribution is -2.58. The molecule has 0 aliphatic carbocycles. The molecule has 32 heavy (non-hydrogen) atoms. The smallest absolute Gasteiger partial charge is 0.323 e. The zero-order valence-corrected chi connectivity index (χ0v) is 19.5. The molecule has 0 bridgehead atoms. The van der Waals surface area contributed by atoms with E-state index in [-0.39, 0.29) is 17.9 Å². The molecule has 1 aliphatic heterocycles. The number of carboxylic acids is 1. The summed E-state index contributed by atoms with van der Waals surface area (Å²) in [5.74, 6) is -5.53. The van der Waals surface area contributed by atoms with Gasteiger partial charge in [-0.1, -0.05) is 21.6 Å². The average Bonchev–Trinajstić information content (AvgIpc) is 2.67. The summed E-state index contributed by atoms with van der Waals surface area (Å²) in [7, 11) is 2.30. The van der Waals surface area contributed by atoms with Gasteiger partial charge in [0.05, 0.1) is 24.4 Å². The third-order valence-electron chi connectivity index (χ3n) is 4.93. The summed E-state index contributed by atoms with van der Waals surface area (Å²) in [5, 5.41) is 49.5. The van der Waals surface area contributed by atoms with E-state index in [4.69, 9.17) is 26.0 Å². The average molecular weight is 501 g/mol. The fourth-order valence-corrected chi connectivity index (χ4v) is 5.33. The molecule has 1 rings (SSSR count). The van der Waals surface area contributed by atoms with E-state index >= 15 is 0 Å². The van der Waals surface area contributed by atoms with Crippen LogP contribution in [0, 0.1) is 5.92 Å². The number of aliphatic hydroxyl groups excluding tert-OH is 3. The van der Waals surface area contributed by atoms with Crippen LogP contribution in [0.25, 0.3) is 0 Å². The maximum Gasteiger partial charge on any atom is 0.323 e. The number of nitrogens with two attached hydrogens (primary N) is 2. The molecule has 14 heteroatoms. The molecule has 0 amide bonds. The van der Waals surface area contributed by atoms with Crippen molar-refractivity contribution in [2.24, 2.45) is 17.4 Å². The van der Waals surface area contributed by atoms with Crippen molar-refractivity contribution in [1.29, 1.82) is 0 Å². The highest BCUT2D eigenvalue weighted by molar-refractivity contribution is 8.76. The zero-order valence-electron chi connectivity index (χ0n) is 17.8. The van der Waals surface area contributed by atoms with E-state index in [1.54, 1.807) is 0 Å². The maximum atomic E-state index is 12.0. The fourth-order valence-electron chi connectivity index (χ4n) is 3.11. The number of rotatable bonds is 13. The van der Waals surface area contributed by atoms with E-state index in [2.05, 4.69) is 0 Å². The molecule has 1 aliphatic rings. The highest BCUT2D eigenvalue weighted by Gasteiger charge is 2.50. The summed E-state index contributed by atoms with van der Waals surface area (Å²) in [6.07, 6.45) is -5.33. The van der Waals surface area contributed by atoms with Gasteiger partial charge in [0, 0.05) is 37.2 Å². The monoisotopic (exact) mass is 500 g/mol. The second-order valence-electron chi connectivity index (χ2n) is 7.73. The Morgan fingerprint density at radius 1 is 1.19 bits per heavy atom. The van der Waals surface area contributed by atoms with Gasteiger partial charge in [-0.2, -0.15) is 0 Å². The van der Waals surface area contributed by atoms with Gasteiger partial charge < -0.3 is 46.5 Å². The minimum Gasteiger partial charge on any atom is -0.480 e. The van der Waals surface area contributed by atoms with E-state index < -0.39 is 79.0 Å². The van der Waals surface area contributed by atoms with Crippen LogP contribution in [-0.2, 0) is 23.9 Å². The summed E-state index contributed by atoms with van der Waals surface area (Å²) in [4.78, 5) is 34.3. The minimum absolute atomic E-state index is 0.125. The van der Waals surface area contributed by atoms with Gasteiger partial charge in [-0.25, -0.2) is 0 Å². The van der Waals surface area contributed by atoms with Crippen LogP contribution in [-0.4, -0.2) is 104 Å². The van der Waals surface area contributed by atoms with Crippen molar-refractivity contribution >= 4 is 39.3 Å². The predicted octanol–water partition coefficient (Wildman–Crippen LogP) is -2.17. The van der Waals surface area contributed by atoms with Crippen LogP contribution in [0.4, 0.5) is 0 Å². The SMILES string of the molecule is CC(=O)C1(O)CC(O)C(C(C)O)C(C[C@H](O)COC(=O)[C@H](N)CSSC[C@@H](N)C(=O)O)O1. The first-order valence-electron chi connectivity index (χ1n) is 9.89. The van der Waals surface area contributed by atoms with Crippen LogP contribution >= 0.6 is 21.6 Å². The normalized spacial score (nSPS) is 29.6. The molecule has 0 saturated carbocycles. The van der Waals surface area contributed by atoms with E-state index in [9.17, 15) is 34.8 Å². The number of hydrogen-bond acceptors (Lipinski definition) is 13. The first kappa shape index (κ1) is 29.1. The Balaban J connectivity index is 2.53. The molecule has 0 aromatic heterocycles. The summed E-state index contributed by atoms with van der Waals surface area (Å²) in [6.45, 7) is 2.04. The van der Waals surface area contributed by atoms with Gasteiger partial charge in [0.1, 0.15) is 18.7 Å². The van der Waals surface area contributed by atoms with Gasteiger partial charge in [-0.15, -0.1) is 0 Å². The van der Waals surface area contributed by atoms with Crippen molar-refractivity contribution in [2.45, 2.75) is 69.0 Å². The molecule has 0 spiro atoms. The third kappa shape index (κ3) is 8.76. The van der Waals surface area contributed by atoms with E-state index in [1.807, 2.05) is 0 Å². The number of ketones is 1. The first-order valence-corrected chi connectivity index (χ1v) is 12.4. The molecule has 186 valence electrons. The Morgan fingerprint density at radius 2 is 1.75 bits per heavy atom. The lowest BCUT2D eigenvalue weighted by atomic mass is 9.81. The fraction of sp³-hybridized carbons (Fsp3) is 0.833. The third-order valence-corrected chi connectivity index (χ3v) is 7.41. The van der Waals surface area contributed by atoms with E-state index in [0.717, 1.165) is 28.5 Å². The summed E-state index contributed by atoms with van der Waals surface area (Å²) < 4.78 is 10.4. The minimum atomic E-state index is -2.24. The van der Waals surface area contributed by atoms with Crippen LogP contribution in [0.3, 0.4) is 0 Å². The van der Waals surface area contributed by atoms with E-state index in [1.165, 1.54) is 6.92 Å². The zero-order chi connectivity index (χ0) is 24.6. The van der Waals surface area contributed by atoms with Gasteiger partial charge >= 0.3 is 11.9 Å². The number of aliphatic carboxylic acids is 1. The Kier molecular flexibility index (Phi) is 11.9. The highest BCUT2D eigenvalue weighted by Crippen LogP contribution is 2.36. The molecular formula is C18H32N2O10S2. The van der Waals surface area contributed by atoms with Gasteiger partial charge in [-0.05, 0) is 6.92 Å². The molecular weight excluding hydrogens is 468 g/mol. The van der Waals surface area contributed by atoms with Crippen LogP contribution in [0.2, 0.25) is 0 Å². The highest BCUT2D eigenvalue weighted by atomic mass is 33.1. The standard InChI is InChI=1S/C18H32N2O10S2/c1-8(21)15-13(24)4-18(28,9(2)22)30-14(15)3-10(23)5-29-17(27)12(20)7-32-31-6-11(19)16(25)26/h8,10-15,21,23-24,28H,3-7,19-20H2,1-2H3,(H,25,26)/t8?,10-,11+,12+,13?,14?,15?,18?/m0/s1. The molecule has 1 fully saturated rings. The van der Waals surface area contributed by atoms with Crippen LogP contribution in [0.15, 0.2) is 0 Å². The molecule has 1 saturated heterocycles. The van der Waals surface area contributed by atoms with Crippen molar-refractivity contribution in [3.63, 3.8) is 0 Å². The van der Waals surface area contributed by atoms with Crippen molar-refractivity contribution in [3.05, 3.63) is 0 Å². The largest absolute Gasteiger partial charge is 0.480 e. The lowest BCUT2D eigenvalue weighted by Gasteiger charge is -2.44.